The van der Waals surface area contributed by atoms with Gasteiger partial charge in [0.2, 0.25) is 5.91 Å². The fraction of sp³-hybridized carbons (Fsp3) is 0.125. The van der Waals surface area contributed by atoms with Crippen LogP contribution in [0.4, 0.5) is 18.9 Å². The summed E-state index contributed by atoms with van der Waals surface area (Å²) in [5, 5.41) is 3.72. The van der Waals surface area contributed by atoms with E-state index in [1.807, 2.05) is 0 Å². The van der Waals surface area contributed by atoms with Crippen molar-refractivity contribution >= 4 is 46.0 Å². The first-order chi connectivity index (χ1) is 12.3. The summed E-state index contributed by atoms with van der Waals surface area (Å²) < 4.78 is 40.1. The van der Waals surface area contributed by atoms with Crippen molar-refractivity contribution < 1.29 is 22.7 Å². The van der Waals surface area contributed by atoms with E-state index in [0.29, 0.717) is 15.9 Å². The maximum absolute atomic E-state index is 12.1. The van der Waals surface area contributed by atoms with Crippen molar-refractivity contribution in [2.75, 3.05) is 11.1 Å². The van der Waals surface area contributed by atoms with Gasteiger partial charge in [0, 0.05) is 10.7 Å². The maximum atomic E-state index is 12.1. The number of hydrogen-bond acceptors (Lipinski definition) is 4. The Hall–Kier alpha value is -2.39. The minimum atomic E-state index is -4.75. The second kappa shape index (κ2) is 7.46. The first-order valence-electron chi connectivity index (χ1n) is 7.22. The van der Waals surface area contributed by atoms with E-state index in [0.717, 1.165) is 23.2 Å². The lowest BCUT2D eigenvalue weighted by Crippen LogP contribution is -2.17. The molecule has 0 atom stereocenters. The van der Waals surface area contributed by atoms with Gasteiger partial charge in [-0.2, -0.15) is 0 Å². The van der Waals surface area contributed by atoms with Crippen LogP contribution in [0.5, 0.6) is 5.75 Å². The zero-order valence-electron chi connectivity index (χ0n) is 12.9. The molecule has 136 valence electrons. The molecule has 3 rings (SSSR count). The number of nitrogens with one attached hydrogen (secondary N) is 2. The van der Waals surface area contributed by atoms with Gasteiger partial charge in [0.05, 0.1) is 16.8 Å². The van der Waals surface area contributed by atoms with E-state index in [9.17, 15) is 18.0 Å². The smallest absolute Gasteiger partial charge is 0.406 e. The average Bonchev–Trinajstić information content (AvgIpc) is 2.95. The number of ether oxygens (including phenoxy) is 1. The van der Waals surface area contributed by atoms with Crippen LogP contribution < -0.4 is 10.1 Å². The number of halogens is 4. The molecule has 2 aromatic carbocycles. The Balaban J connectivity index is 1.54. The van der Waals surface area contributed by atoms with Gasteiger partial charge in [-0.15, -0.1) is 13.2 Å². The SMILES string of the molecule is O=C(CSc1nc2ccc(Cl)cc2[nH]1)Nc1ccc(OC(F)(F)F)cc1. The average molecular weight is 402 g/mol. The molecule has 3 aromatic rings. The van der Waals surface area contributed by atoms with Crippen LogP contribution >= 0.6 is 23.4 Å². The number of alkyl halides is 3. The molecule has 10 heteroatoms. The van der Waals surface area contributed by atoms with Gasteiger partial charge in [-0.25, -0.2) is 4.98 Å². The minimum Gasteiger partial charge on any atom is -0.406 e. The molecule has 26 heavy (non-hydrogen) atoms. The lowest BCUT2D eigenvalue weighted by atomic mass is 10.3. The van der Waals surface area contributed by atoms with Gasteiger partial charge in [0.15, 0.2) is 5.16 Å². The van der Waals surface area contributed by atoms with E-state index in [1.54, 1.807) is 18.2 Å². The number of H-pyrrole nitrogens is 1. The third-order valence-corrected chi connectivity index (χ3v) is 4.24. The highest BCUT2D eigenvalue weighted by molar-refractivity contribution is 7.99. The van der Waals surface area contributed by atoms with Gasteiger partial charge in [0.1, 0.15) is 5.75 Å². The monoisotopic (exact) mass is 401 g/mol. The Morgan fingerprint density at radius 2 is 1.96 bits per heavy atom. The number of amides is 1. The number of aromatic nitrogens is 2. The topological polar surface area (TPSA) is 67.0 Å². The van der Waals surface area contributed by atoms with Crippen LogP contribution in [0.1, 0.15) is 0 Å². The summed E-state index contributed by atoms with van der Waals surface area (Å²) in [7, 11) is 0. The Bertz CT molecular complexity index is 929. The largest absolute Gasteiger partial charge is 0.573 e. The molecule has 0 radical (unpaired) electrons. The number of benzene rings is 2. The van der Waals surface area contributed by atoms with Crippen molar-refractivity contribution in [2.24, 2.45) is 0 Å². The molecule has 0 bridgehead atoms. The van der Waals surface area contributed by atoms with E-state index in [2.05, 4.69) is 20.0 Å². The first kappa shape index (κ1) is 18.4. The molecule has 0 unspecified atom stereocenters. The van der Waals surface area contributed by atoms with Crippen molar-refractivity contribution in [1.29, 1.82) is 0 Å². The molecule has 0 spiro atoms. The molecule has 0 aliphatic heterocycles. The molecule has 0 aliphatic carbocycles. The van der Waals surface area contributed by atoms with Crippen molar-refractivity contribution in [3.8, 4) is 5.75 Å². The summed E-state index contributed by atoms with van der Waals surface area (Å²) in [6.45, 7) is 0. The summed E-state index contributed by atoms with van der Waals surface area (Å²) in [6.07, 6.45) is -4.75. The van der Waals surface area contributed by atoms with E-state index < -0.39 is 6.36 Å². The number of imidazole rings is 1. The number of carbonyl (C=O) groups excluding carboxylic acids is 1. The maximum Gasteiger partial charge on any atom is 0.573 e. The summed E-state index contributed by atoms with van der Waals surface area (Å²) in [5.41, 5.74) is 1.86. The number of nitrogens with zero attached hydrogens (tertiary/aromatic N) is 1. The molecular weight excluding hydrogens is 391 g/mol. The Kier molecular flexibility index (Phi) is 5.28. The molecule has 1 heterocycles. The van der Waals surface area contributed by atoms with Crippen LogP contribution in [-0.4, -0.2) is 28.0 Å². The summed E-state index contributed by atoms with van der Waals surface area (Å²) in [4.78, 5) is 19.3. The van der Waals surface area contributed by atoms with Crippen LogP contribution in [0.3, 0.4) is 0 Å². The van der Waals surface area contributed by atoms with Crippen LogP contribution in [0.2, 0.25) is 5.02 Å². The number of carbonyl (C=O) groups is 1. The zero-order valence-corrected chi connectivity index (χ0v) is 14.5. The highest BCUT2D eigenvalue weighted by Gasteiger charge is 2.30. The number of rotatable bonds is 5. The Morgan fingerprint density at radius 3 is 2.65 bits per heavy atom. The second-order valence-electron chi connectivity index (χ2n) is 5.11. The number of aromatic amines is 1. The van der Waals surface area contributed by atoms with Crippen LogP contribution in [-0.2, 0) is 4.79 Å². The van der Waals surface area contributed by atoms with Crippen LogP contribution in [0, 0.1) is 0 Å². The zero-order chi connectivity index (χ0) is 18.7. The van der Waals surface area contributed by atoms with E-state index in [1.165, 1.54) is 23.9 Å². The predicted octanol–water partition coefficient (Wildman–Crippen LogP) is 4.85. The van der Waals surface area contributed by atoms with Crippen molar-refractivity contribution in [1.82, 2.24) is 9.97 Å². The predicted molar refractivity (Wildman–Crippen MR) is 93.6 cm³/mol. The Morgan fingerprint density at radius 1 is 1.23 bits per heavy atom. The lowest BCUT2D eigenvalue weighted by Gasteiger charge is -2.09. The highest BCUT2D eigenvalue weighted by Crippen LogP contribution is 2.25. The van der Waals surface area contributed by atoms with E-state index >= 15 is 0 Å². The molecular formula is C16H11ClF3N3O2S. The second-order valence-corrected chi connectivity index (χ2v) is 6.51. The standard InChI is InChI=1S/C16H11ClF3N3O2S/c17-9-1-6-12-13(7-9)23-15(22-12)26-8-14(24)21-10-2-4-11(5-3-10)25-16(18,19)20/h1-7H,8H2,(H,21,24)(H,22,23). The van der Waals surface area contributed by atoms with Crippen molar-refractivity contribution in [2.45, 2.75) is 11.5 Å². The van der Waals surface area contributed by atoms with Crippen molar-refractivity contribution in [3.05, 3.63) is 47.5 Å². The van der Waals surface area contributed by atoms with Gasteiger partial charge in [0.25, 0.3) is 0 Å². The third-order valence-electron chi connectivity index (χ3n) is 3.13. The number of thioether (sulfide) groups is 1. The van der Waals surface area contributed by atoms with Crippen LogP contribution in [0.25, 0.3) is 11.0 Å². The van der Waals surface area contributed by atoms with Crippen molar-refractivity contribution in [3.63, 3.8) is 0 Å². The summed E-state index contributed by atoms with van der Waals surface area (Å²) in [6, 6.07) is 10.1. The van der Waals surface area contributed by atoms with E-state index in [-0.39, 0.29) is 17.4 Å². The molecule has 1 aromatic heterocycles. The Labute approximate surface area is 154 Å². The van der Waals surface area contributed by atoms with Gasteiger partial charge < -0.3 is 15.0 Å². The number of anilines is 1. The lowest BCUT2D eigenvalue weighted by molar-refractivity contribution is -0.274. The number of fused-ring (bicyclic) bond motifs is 1. The summed E-state index contributed by atoms with van der Waals surface area (Å²) in [5.74, 6) is -0.599. The molecule has 1 amide bonds. The quantitative estimate of drug-likeness (QED) is 0.600. The first-order valence-corrected chi connectivity index (χ1v) is 8.58. The van der Waals surface area contributed by atoms with E-state index in [4.69, 9.17) is 11.6 Å². The fourth-order valence-electron chi connectivity index (χ4n) is 2.10. The van der Waals surface area contributed by atoms with Gasteiger partial charge >= 0.3 is 6.36 Å². The van der Waals surface area contributed by atoms with Crippen LogP contribution in [0.15, 0.2) is 47.6 Å². The molecule has 0 aliphatic rings. The molecule has 0 fully saturated rings. The molecule has 0 saturated heterocycles. The molecule has 0 saturated carbocycles. The minimum absolute atomic E-state index is 0.0777. The van der Waals surface area contributed by atoms with Gasteiger partial charge in [-0.05, 0) is 42.5 Å². The third kappa shape index (κ3) is 5.06. The highest BCUT2D eigenvalue weighted by atomic mass is 35.5. The van der Waals surface area contributed by atoms with Gasteiger partial charge in [-0.1, -0.05) is 23.4 Å². The number of hydrogen-bond donors (Lipinski definition) is 2. The van der Waals surface area contributed by atoms with Gasteiger partial charge in [-0.3, -0.25) is 4.79 Å². The normalized spacial score (nSPS) is 11.5. The summed E-state index contributed by atoms with van der Waals surface area (Å²) >= 11 is 7.10. The molecule has 5 nitrogen and oxygen atoms in total. The molecule has 2 N–H and O–H groups in total. The fourth-order valence-corrected chi connectivity index (χ4v) is 2.95.